The molecule has 13 heavy (non-hydrogen) atoms. The molecule has 3 heteroatoms. The van der Waals surface area contributed by atoms with Gasteiger partial charge in [0.1, 0.15) is 5.76 Å². The Morgan fingerprint density at radius 3 is 3.08 bits per heavy atom. The van der Waals surface area contributed by atoms with Crippen molar-refractivity contribution in [3.63, 3.8) is 0 Å². The van der Waals surface area contributed by atoms with E-state index in [1.807, 2.05) is 12.1 Å². The lowest BCUT2D eigenvalue weighted by Crippen LogP contribution is -2.29. The van der Waals surface area contributed by atoms with E-state index in [0.717, 1.165) is 25.1 Å². The lowest BCUT2D eigenvalue weighted by atomic mass is 10.2. The van der Waals surface area contributed by atoms with Crippen LogP contribution in [0, 0.1) is 0 Å². The zero-order valence-corrected chi connectivity index (χ0v) is 7.99. The van der Waals surface area contributed by atoms with Gasteiger partial charge in [-0.3, -0.25) is 0 Å². The smallest absolute Gasteiger partial charge is 0.105 e. The lowest BCUT2D eigenvalue weighted by Gasteiger charge is -2.11. The summed E-state index contributed by atoms with van der Waals surface area (Å²) in [6.45, 7) is 3.22. The fourth-order valence-corrected chi connectivity index (χ4v) is 1.23. The number of hydrogen-bond donors (Lipinski definition) is 2. The Labute approximate surface area is 78.8 Å². The van der Waals surface area contributed by atoms with Crippen molar-refractivity contribution in [1.29, 1.82) is 0 Å². The van der Waals surface area contributed by atoms with Gasteiger partial charge in [0.05, 0.1) is 6.26 Å². The van der Waals surface area contributed by atoms with Crippen LogP contribution in [0.15, 0.2) is 22.8 Å². The van der Waals surface area contributed by atoms with Crippen molar-refractivity contribution in [2.24, 2.45) is 0 Å². The van der Waals surface area contributed by atoms with Gasteiger partial charge in [-0.05, 0) is 32.0 Å². The van der Waals surface area contributed by atoms with Crippen molar-refractivity contribution in [2.75, 3.05) is 13.2 Å². The van der Waals surface area contributed by atoms with Crippen LogP contribution < -0.4 is 5.32 Å². The van der Waals surface area contributed by atoms with E-state index in [9.17, 15) is 0 Å². The monoisotopic (exact) mass is 183 g/mol. The first-order chi connectivity index (χ1) is 6.33. The number of hydrogen-bond acceptors (Lipinski definition) is 3. The molecular weight excluding hydrogens is 166 g/mol. The molecule has 0 aromatic carbocycles. The summed E-state index contributed by atoms with van der Waals surface area (Å²) in [5, 5.41) is 11.9. The zero-order valence-electron chi connectivity index (χ0n) is 7.99. The van der Waals surface area contributed by atoms with E-state index in [2.05, 4.69) is 12.2 Å². The highest BCUT2D eigenvalue weighted by Crippen LogP contribution is 2.03. The molecule has 0 saturated carbocycles. The highest BCUT2D eigenvalue weighted by molar-refractivity contribution is 4.99. The molecular formula is C10H17NO2. The minimum atomic E-state index is 0.250. The predicted molar refractivity (Wildman–Crippen MR) is 51.6 cm³/mol. The van der Waals surface area contributed by atoms with E-state index in [1.165, 1.54) is 0 Å². The van der Waals surface area contributed by atoms with Crippen molar-refractivity contribution >= 4 is 0 Å². The first-order valence-corrected chi connectivity index (χ1v) is 4.69. The molecule has 0 spiro atoms. The van der Waals surface area contributed by atoms with Crippen LogP contribution in [0.4, 0.5) is 0 Å². The summed E-state index contributed by atoms with van der Waals surface area (Å²) in [6.07, 6.45) is 3.40. The van der Waals surface area contributed by atoms with Crippen molar-refractivity contribution in [2.45, 2.75) is 25.8 Å². The molecule has 2 N–H and O–H groups in total. The molecule has 0 radical (unpaired) electrons. The van der Waals surface area contributed by atoms with Crippen LogP contribution in [-0.4, -0.2) is 24.3 Å². The van der Waals surface area contributed by atoms with Gasteiger partial charge in [0.25, 0.3) is 0 Å². The Morgan fingerprint density at radius 2 is 2.46 bits per heavy atom. The van der Waals surface area contributed by atoms with E-state index in [-0.39, 0.29) is 6.61 Å². The van der Waals surface area contributed by atoms with Crippen LogP contribution in [0.3, 0.4) is 0 Å². The predicted octanol–water partition coefficient (Wildman–Crippen LogP) is 1.18. The van der Waals surface area contributed by atoms with Gasteiger partial charge in [-0.15, -0.1) is 0 Å². The first-order valence-electron chi connectivity index (χ1n) is 4.69. The molecule has 0 fully saturated rings. The molecule has 1 heterocycles. The second-order valence-electron chi connectivity index (χ2n) is 3.22. The van der Waals surface area contributed by atoms with Gasteiger partial charge in [-0.2, -0.15) is 0 Å². The fraction of sp³-hybridized carbons (Fsp3) is 0.600. The summed E-state index contributed by atoms with van der Waals surface area (Å²) in [5.74, 6) is 1.00. The summed E-state index contributed by atoms with van der Waals surface area (Å²) in [4.78, 5) is 0. The molecule has 0 aliphatic heterocycles. The van der Waals surface area contributed by atoms with Gasteiger partial charge in [-0.1, -0.05) is 0 Å². The van der Waals surface area contributed by atoms with Crippen molar-refractivity contribution in [3.8, 4) is 0 Å². The van der Waals surface area contributed by atoms with E-state index >= 15 is 0 Å². The number of aliphatic hydroxyl groups is 1. The Hall–Kier alpha value is -0.800. The molecule has 1 aromatic heterocycles. The summed E-state index contributed by atoms with van der Waals surface area (Å²) >= 11 is 0. The van der Waals surface area contributed by atoms with Crippen LogP contribution in [0.1, 0.15) is 19.1 Å². The topological polar surface area (TPSA) is 45.4 Å². The molecule has 1 rings (SSSR count). The molecule has 0 saturated heterocycles. The molecule has 1 unspecified atom stereocenters. The highest BCUT2D eigenvalue weighted by Gasteiger charge is 2.03. The molecule has 0 aliphatic rings. The van der Waals surface area contributed by atoms with Gasteiger partial charge in [0.15, 0.2) is 0 Å². The first kappa shape index (κ1) is 10.3. The molecule has 0 bridgehead atoms. The standard InChI is InChI=1S/C10H17NO2/c1-9(11-5-3-6-12)8-10-4-2-7-13-10/h2,4,7,9,11-12H,3,5-6,8H2,1H3. The number of aliphatic hydroxyl groups excluding tert-OH is 1. The zero-order chi connectivity index (χ0) is 9.52. The van der Waals surface area contributed by atoms with Gasteiger partial charge in [0, 0.05) is 19.1 Å². The van der Waals surface area contributed by atoms with Crippen molar-refractivity contribution < 1.29 is 9.52 Å². The summed E-state index contributed by atoms with van der Waals surface area (Å²) < 4.78 is 5.22. The van der Waals surface area contributed by atoms with Crippen LogP contribution >= 0.6 is 0 Å². The van der Waals surface area contributed by atoms with Crippen LogP contribution in [-0.2, 0) is 6.42 Å². The minimum Gasteiger partial charge on any atom is -0.469 e. The maximum absolute atomic E-state index is 8.58. The van der Waals surface area contributed by atoms with E-state index in [0.29, 0.717) is 6.04 Å². The van der Waals surface area contributed by atoms with Gasteiger partial charge < -0.3 is 14.8 Å². The van der Waals surface area contributed by atoms with E-state index in [4.69, 9.17) is 9.52 Å². The molecule has 0 aliphatic carbocycles. The second-order valence-corrected chi connectivity index (χ2v) is 3.22. The van der Waals surface area contributed by atoms with E-state index in [1.54, 1.807) is 6.26 Å². The Morgan fingerprint density at radius 1 is 1.62 bits per heavy atom. The normalized spacial score (nSPS) is 13.1. The number of rotatable bonds is 6. The molecule has 3 nitrogen and oxygen atoms in total. The highest BCUT2D eigenvalue weighted by atomic mass is 16.3. The molecule has 1 atom stereocenters. The van der Waals surface area contributed by atoms with Crippen molar-refractivity contribution in [1.82, 2.24) is 5.32 Å². The van der Waals surface area contributed by atoms with Gasteiger partial charge in [-0.25, -0.2) is 0 Å². The third kappa shape index (κ3) is 4.10. The third-order valence-electron chi connectivity index (χ3n) is 1.92. The second kappa shape index (κ2) is 5.78. The lowest BCUT2D eigenvalue weighted by molar-refractivity contribution is 0.283. The fourth-order valence-electron chi connectivity index (χ4n) is 1.23. The average Bonchev–Trinajstić information content (AvgIpc) is 2.57. The maximum atomic E-state index is 8.58. The van der Waals surface area contributed by atoms with Gasteiger partial charge in [0.2, 0.25) is 0 Å². The quantitative estimate of drug-likeness (QED) is 0.651. The SMILES string of the molecule is CC(Cc1ccco1)NCCCO. The molecule has 1 aromatic rings. The summed E-state index contributed by atoms with van der Waals surface area (Å²) in [7, 11) is 0. The van der Waals surface area contributed by atoms with Gasteiger partial charge >= 0.3 is 0 Å². The third-order valence-corrected chi connectivity index (χ3v) is 1.92. The summed E-state index contributed by atoms with van der Waals surface area (Å²) in [6, 6.07) is 4.28. The summed E-state index contributed by atoms with van der Waals surface area (Å²) in [5.41, 5.74) is 0. The maximum Gasteiger partial charge on any atom is 0.105 e. The van der Waals surface area contributed by atoms with Crippen LogP contribution in [0.5, 0.6) is 0 Å². The minimum absolute atomic E-state index is 0.250. The molecule has 0 amide bonds. The number of furan rings is 1. The van der Waals surface area contributed by atoms with Crippen LogP contribution in [0.25, 0.3) is 0 Å². The Kier molecular flexibility index (Phi) is 4.57. The largest absolute Gasteiger partial charge is 0.469 e. The number of nitrogens with one attached hydrogen (secondary N) is 1. The molecule has 74 valence electrons. The average molecular weight is 183 g/mol. The Balaban J connectivity index is 2.14. The van der Waals surface area contributed by atoms with E-state index < -0.39 is 0 Å². The van der Waals surface area contributed by atoms with Crippen LogP contribution in [0.2, 0.25) is 0 Å². The Bertz CT molecular complexity index is 209. The van der Waals surface area contributed by atoms with Crippen molar-refractivity contribution in [3.05, 3.63) is 24.2 Å².